The molecule has 0 saturated heterocycles. The van der Waals surface area contributed by atoms with Crippen LogP contribution in [0.3, 0.4) is 0 Å². The Morgan fingerprint density at radius 2 is 2.15 bits per heavy atom. The van der Waals surface area contributed by atoms with Gasteiger partial charge in [0.1, 0.15) is 29.0 Å². The van der Waals surface area contributed by atoms with Crippen molar-refractivity contribution in [3.05, 3.63) is 36.5 Å². The van der Waals surface area contributed by atoms with Crippen LogP contribution in [0.2, 0.25) is 0 Å². The van der Waals surface area contributed by atoms with Gasteiger partial charge < -0.3 is 15.6 Å². The van der Waals surface area contributed by atoms with E-state index < -0.39 is 17.5 Å². The zero-order chi connectivity index (χ0) is 19.6. The van der Waals surface area contributed by atoms with Gasteiger partial charge in [-0.2, -0.15) is 0 Å². The van der Waals surface area contributed by atoms with E-state index in [0.717, 1.165) is 6.20 Å². The van der Waals surface area contributed by atoms with Gasteiger partial charge in [-0.1, -0.05) is 0 Å². The van der Waals surface area contributed by atoms with Gasteiger partial charge in [-0.15, -0.1) is 0 Å². The average Bonchev–Trinajstić information content (AvgIpc) is 3.02. The highest BCUT2D eigenvalue weighted by atomic mass is 19.1. The zero-order valence-electron chi connectivity index (χ0n) is 15.2. The third kappa shape index (κ3) is 4.18. The fourth-order valence-electron chi connectivity index (χ4n) is 2.55. The number of halogens is 2. The van der Waals surface area contributed by atoms with Gasteiger partial charge in [0.15, 0.2) is 5.82 Å². The predicted molar refractivity (Wildman–Crippen MR) is 98.4 cm³/mol. The van der Waals surface area contributed by atoms with Crippen LogP contribution < -0.4 is 10.6 Å². The van der Waals surface area contributed by atoms with Gasteiger partial charge in [0, 0.05) is 29.9 Å². The van der Waals surface area contributed by atoms with Crippen LogP contribution in [0.25, 0.3) is 22.4 Å². The van der Waals surface area contributed by atoms with Gasteiger partial charge in [-0.3, -0.25) is 4.79 Å². The molecule has 0 aliphatic heterocycles. The van der Waals surface area contributed by atoms with Crippen LogP contribution in [-0.2, 0) is 4.79 Å². The fourth-order valence-corrected chi connectivity index (χ4v) is 2.55. The van der Waals surface area contributed by atoms with Gasteiger partial charge in [0.05, 0.1) is 6.20 Å². The van der Waals surface area contributed by atoms with Crippen LogP contribution in [0, 0.1) is 5.82 Å². The second-order valence-electron chi connectivity index (χ2n) is 6.76. The summed E-state index contributed by atoms with van der Waals surface area (Å²) in [6.07, 6.45) is 3.18. The minimum Gasteiger partial charge on any atom is -0.356 e. The van der Waals surface area contributed by atoms with Crippen LogP contribution in [0.4, 0.5) is 14.6 Å². The normalized spacial score (nSPS) is 12.8. The van der Waals surface area contributed by atoms with Crippen molar-refractivity contribution < 1.29 is 13.6 Å². The third-order valence-electron chi connectivity index (χ3n) is 3.95. The van der Waals surface area contributed by atoms with E-state index in [1.807, 2.05) is 0 Å². The number of fused-ring (bicyclic) bond motifs is 1. The summed E-state index contributed by atoms with van der Waals surface area (Å²) in [5.74, 6) is -0.0533. The van der Waals surface area contributed by atoms with Crippen LogP contribution in [0.1, 0.15) is 20.8 Å². The molecule has 0 saturated carbocycles. The Hall–Kier alpha value is -3.10. The Bertz CT molecular complexity index is 969. The Morgan fingerprint density at radius 1 is 1.37 bits per heavy atom. The van der Waals surface area contributed by atoms with Crippen molar-refractivity contribution in [2.24, 2.45) is 0 Å². The van der Waals surface area contributed by atoms with Crippen LogP contribution in [0.5, 0.6) is 0 Å². The van der Waals surface area contributed by atoms with Gasteiger partial charge in [-0.25, -0.2) is 23.7 Å². The second kappa shape index (κ2) is 7.26. The topological polar surface area (TPSA) is 95.6 Å². The van der Waals surface area contributed by atoms with E-state index in [4.69, 9.17) is 0 Å². The van der Waals surface area contributed by atoms with Gasteiger partial charge >= 0.3 is 0 Å². The Balaban J connectivity index is 1.85. The number of hydrogen-bond donors (Lipinski definition) is 3. The molecule has 9 heteroatoms. The van der Waals surface area contributed by atoms with Crippen molar-refractivity contribution in [2.45, 2.75) is 32.5 Å². The van der Waals surface area contributed by atoms with E-state index >= 15 is 0 Å². The Morgan fingerprint density at radius 3 is 2.89 bits per heavy atom. The van der Waals surface area contributed by atoms with E-state index in [1.54, 1.807) is 26.1 Å². The summed E-state index contributed by atoms with van der Waals surface area (Å²) in [5.41, 5.74) is 0.0940. The molecule has 1 amide bonds. The highest BCUT2D eigenvalue weighted by molar-refractivity contribution is 5.92. The van der Waals surface area contributed by atoms with E-state index in [2.05, 4.69) is 30.6 Å². The molecule has 0 bridgehead atoms. The number of hydrogen-bond acceptors (Lipinski definition) is 5. The Labute approximate surface area is 154 Å². The highest BCUT2D eigenvalue weighted by Gasteiger charge is 2.28. The SMILES string of the molecule is CC(F)CNC(=O)C(C)(C)Nc1ccnc(-c2c[nH]c3ncc(F)cc23)n1. The van der Waals surface area contributed by atoms with E-state index in [1.165, 1.54) is 19.2 Å². The smallest absolute Gasteiger partial charge is 0.245 e. The first-order valence-electron chi connectivity index (χ1n) is 8.43. The maximum atomic E-state index is 13.5. The van der Waals surface area contributed by atoms with Crippen LogP contribution >= 0.6 is 0 Å². The van der Waals surface area contributed by atoms with Crippen LogP contribution in [0.15, 0.2) is 30.7 Å². The summed E-state index contributed by atoms with van der Waals surface area (Å²) in [7, 11) is 0. The number of amides is 1. The van der Waals surface area contributed by atoms with Gasteiger partial charge in [0.2, 0.25) is 5.91 Å². The van der Waals surface area contributed by atoms with Gasteiger partial charge in [0.25, 0.3) is 0 Å². The average molecular weight is 374 g/mol. The lowest BCUT2D eigenvalue weighted by Crippen LogP contribution is -2.49. The third-order valence-corrected chi connectivity index (χ3v) is 3.95. The number of pyridine rings is 1. The number of carbonyl (C=O) groups is 1. The molecular formula is C18H20F2N6O. The number of anilines is 1. The molecule has 0 aliphatic carbocycles. The minimum atomic E-state index is -1.13. The molecule has 0 fully saturated rings. The summed E-state index contributed by atoms with van der Waals surface area (Å²) in [6, 6.07) is 2.97. The molecule has 1 unspecified atom stereocenters. The number of alkyl halides is 1. The molecule has 0 radical (unpaired) electrons. The molecule has 3 rings (SSSR count). The number of carbonyl (C=O) groups excluding carboxylic acids is 1. The molecule has 3 N–H and O–H groups in total. The number of rotatable bonds is 6. The molecule has 0 aliphatic rings. The molecule has 0 spiro atoms. The number of H-pyrrole nitrogens is 1. The summed E-state index contributed by atoms with van der Waals surface area (Å²) in [6.45, 7) is 4.64. The predicted octanol–water partition coefficient (Wildman–Crippen LogP) is 2.82. The molecule has 0 aromatic carbocycles. The molecule has 7 nitrogen and oxygen atoms in total. The van der Waals surface area contributed by atoms with E-state index in [-0.39, 0.29) is 12.5 Å². The van der Waals surface area contributed by atoms with E-state index in [0.29, 0.717) is 28.2 Å². The molecule has 27 heavy (non-hydrogen) atoms. The number of aromatic amines is 1. The summed E-state index contributed by atoms with van der Waals surface area (Å²) < 4.78 is 26.5. The van der Waals surface area contributed by atoms with Gasteiger partial charge in [-0.05, 0) is 32.9 Å². The lowest BCUT2D eigenvalue weighted by atomic mass is 10.0. The number of aromatic nitrogens is 4. The van der Waals surface area contributed by atoms with E-state index in [9.17, 15) is 13.6 Å². The molecule has 142 valence electrons. The summed E-state index contributed by atoms with van der Waals surface area (Å²) in [4.78, 5) is 27.8. The fraction of sp³-hybridized carbons (Fsp3) is 0.333. The monoisotopic (exact) mass is 374 g/mol. The number of nitrogens with one attached hydrogen (secondary N) is 3. The molecule has 3 aromatic rings. The van der Waals surface area contributed by atoms with Crippen molar-refractivity contribution in [3.63, 3.8) is 0 Å². The maximum absolute atomic E-state index is 13.5. The van der Waals surface area contributed by atoms with Crippen molar-refractivity contribution in [2.75, 3.05) is 11.9 Å². The van der Waals surface area contributed by atoms with Crippen molar-refractivity contribution in [3.8, 4) is 11.4 Å². The first kappa shape index (κ1) is 18.7. The lowest BCUT2D eigenvalue weighted by molar-refractivity contribution is -0.124. The standard InChI is InChI=1S/C18H20F2N6O/c1-10(19)7-24-17(27)18(2,3)26-14-4-5-21-16(25-14)13-9-23-15-12(13)6-11(20)8-22-15/h4-6,8-10H,7H2,1-3H3,(H,22,23)(H,24,27)(H,21,25,26). The quantitative estimate of drug-likeness (QED) is 0.617. The van der Waals surface area contributed by atoms with Crippen LogP contribution in [-0.4, -0.2) is 44.1 Å². The lowest BCUT2D eigenvalue weighted by Gasteiger charge is -2.26. The molecule has 3 heterocycles. The molecule has 1 atom stereocenters. The Kier molecular flexibility index (Phi) is 5.02. The van der Waals surface area contributed by atoms with Crippen molar-refractivity contribution >= 4 is 22.8 Å². The molecule has 3 aromatic heterocycles. The minimum absolute atomic E-state index is 0.0626. The zero-order valence-corrected chi connectivity index (χ0v) is 15.2. The summed E-state index contributed by atoms with van der Waals surface area (Å²) >= 11 is 0. The van der Waals surface area contributed by atoms with Crippen molar-refractivity contribution in [1.29, 1.82) is 0 Å². The number of nitrogens with zero attached hydrogens (tertiary/aromatic N) is 3. The second-order valence-corrected chi connectivity index (χ2v) is 6.76. The molecular weight excluding hydrogens is 354 g/mol. The van der Waals surface area contributed by atoms with Crippen molar-refractivity contribution in [1.82, 2.24) is 25.3 Å². The maximum Gasteiger partial charge on any atom is 0.245 e. The first-order chi connectivity index (χ1) is 12.8. The summed E-state index contributed by atoms with van der Waals surface area (Å²) in [5, 5.41) is 6.12. The largest absolute Gasteiger partial charge is 0.356 e. The highest BCUT2D eigenvalue weighted by Crippen LogP contribution is 2.26. The first-order valence-corrected chi connectivity index (χ1v) is 8.43.